The van der Waals surface area contributed by atoms with Crippen molar-refractivity contribution in [2.75, 3.05) is 6.54 Å². The maximum absolute atomic E-state index is 9.32. The third-order valence-electron chi connectivity index (χ3n) is 2.94. The first-order valence-corrected chi connectivity index (χ1v) is 5.30. The molecule has 1 fully saturated rings. The summed E-state index contributed by atoms with van der Waals surface area (Å²) in [5, 5.41) is 12.8. The quantitative estimate of drug-likeness (QED) is 0.715. The summed E-state index contributed by atoms with van der Waals surface area (Å²) in [6.07, 6.45) is 3.80. The Morgan fingerprint density at radius 2 is 2.21 bits per heavy atom. The highest BCUT2D eigenvalue weighted by Crippen LogP contribution is 2.27. The fourth-order valence-electron chi connectivity index (χ4n) is 2.17. The van der Waals surface area contributed by atoms with Gasteiger partial charge in [0.25, 0.3) is 0 Å². The Kier molecular flexibility index (Phi) is 2.73. The number of hydrogen-bond acceptors (Lipinski definition) is 2. The van der Waals surface area contributed by atoms with Crippen molar-refractivity contribution in [3.63, 3.8) is 0 Å². The number of aryl methyl sites for hydroxylation is 1. The Labute approximate surface area is 85.0 Å². The molecule has 0 bridgehead atoms. The van der Waals surface area contributed by atoms with Crippen molar-refractivity contribution in [3.8, 4) is 5.75 Å². The van der Waals surface area contributed by atoms with Crippen LogP contribution in [-0.4, -0.2) is 11.7 Å². The van der Waals surface area contributed by atoms with E-state index >= 15 is 0 Å². The van der Waals surface area contributed by atoms with E-state index in [4.69, 9.17) is 0 Å². The summed E-state index contributed by atoms with van der Waals surface area (Å²) in [4.78, 5) is 0. The summed E-state index contributed by atoms with van der Waals surface area (Å²) < 4.78 is 0. The number of aromatic hydroxyl groups is 1. The standard InChI is InChI=1S/C12H17NO/c1-9-8-10(14)5-6-11(9)12-4-2-3-7-13-12/h5-6,8,12-14H,2-4,7H2,1H3. The highest BCUT2D eigenvalue weighted by Gasteiger charge is 2.16. The van der Waals surface area contributed by atoms with Gasteiger partial charge in [-0.3, -0.25) is 0 Å². The Morgan fingerprint density at radius 1 is 1.36 bits per heavy atom. The van der Waals surface area contributed by atoms with Gasteiger partial charge in [0.15, 0.2) is 0 Å². The summed E-state index contributed by atoms with van der Waals surface area (Å²) in [5.74, 6) is 0.363. The summed E-state index contributed by atoms with van der Waals surface area (Å²) in [7, 11) is 0. The molecule has 1 aromatic rings. The molecule has 2 heteroatoms. The second kappa shape index (κ2) is 4.01. The van der Waals surface area contributed by atoms with Gasteiger partial charge in [0.1, 0.15) is 5.75 Å². The topological polar surface area (TPSA) is 32.3 Å². The van der Waals surface area contributed by atoms with Gasteiger partial charge >= 0.3 is 0 Å². The molecule has 2 nitrogen and oxygen atoms in total. The minimum Gasteiger partial charge on any atom is -0.508 e. The highest BCUT2D eigenvalue weighted by atomic mass is 16.3. The summed E-state index contributed by atoms with van der Waals surface area (Å²) in [6.45, 7) is 3.18. The third-order valence-corrected chi connectivity index (χ3v) is 2.94. The first-order valence-electron chi connectivity index (χ1n) is 5.30. The normalized spacial score (nSPS) is 22.2. The van der Waals surface area contributed by atoms with Gasteiger partial charge in [-0.25, -0.2) is 0 Å². The molecule has 0 saturated carbocycles. The maximum atomic E-state index is 9.32. The lowest BCUT2D eigenvalue weighted by Crippen LogP contribution is -2.27. The number of benzene rings is 1. The van der Waals surface area contributed by atoms with Gasteiger partial charge in [-0.15, -0.1) is 0 Å². The van der Waals surface area contributed by atoms with Crippen molar-refractivity contribution in [2.45, 2.75) is 32.2 Å². The lowest BCUT2D eigenvalue weighted by Gasteiger charge is -2.25. The SMILES string of the molecule is Cc1cc(O)ccc1C1CCCCN1. The molecule has 76 valence electrons. The van der Waals surface area contributed by atoms with Crippen molar-refractivity contribution in [1.82, 2.24) is 5.32 Å². The van der Waals surface area contributed by atoms with Crippen molar-refractivity contribution in [1.29, 1.82) is 0 Å². The fourth-order valence-corrected chi connectivity index (χ4v) is 2.17. The molecule has 1 aliphatic heterocycles. The molecular weight excluding hydrogens is 174 g/mol. The molecule has 2 rings (SSSR count). The average molecular weight is 191 g/mol. The van der Waals surface area contributed by atoms with E-state index in [1.807, 2.05) is 12.1 Å². The zero-order valence-corrected chi connectivity index (χ0v) is 8.59. The molecule has 0 spiro atoms. The monoisotopic (exact) mass is 191 g/mol. The molecule has 0 aliphatic carbocycles. The lowest BCUT2D eigenvalue weighted by molar-refractivity contribution is 0.410. The summed E-state index contributed by atoms with van der Waals surface area (Å²) >= 11 is 0. The van der Waals surface area contributed by atoms with Crippen LogP contribution in [-0.2, 0) is 0 Å². The Bertz CT molecular complexity index is 316. The van der Waals surface area contributed by atoms with E-state index in [0.717, 1.165) is 6.54 Å². The molecule has 1 aliphatic rings. The van der Waals surface area contributed by atoms with Crippen LogP contribution in [0.5, 0.6) is 5.75 Å². The summed E-state index contributed by atoms with van der Waals surface area (Å²) in [5.41, 5.74) is 2.52. The van der Waals surface area contributed by atoms with Gasteiger partial charge in [-0.1, -0.05) is 12.5 Å². The lowest BCUT2D eigenvalue weighted by atomic mass is 9.94. The summed E-state index contributed by atoms with van der Waals surface area (Å²) in [6, 6.07) is 6.14. The third kappa shape index (κ3) is 1.90. The predicted octanol–water partition coefficient (Wildman–Crippen LogP) is 2.52. The number of nitrogens with one attached hydrogen (secondary N) is 1. The van der Waals surface area contributed by atoms with Crippen LogP contribution in [0.25, 0.3) is 0 Å². The highest BCUT2D eigenvalue weighted by molar-refractivity contribution is 5.36. The number of rotatable bonds is 1. The van der Waals surface area contributed by atoms with E-state index in [2.05, 4.69) is 12.2 Å². The molecule has 14 heavy (non-hydrogen) atoms. The van der Waals surface area contributed by atoms with Crippen molar-refractivity contribution in [3.05, 3.63) is 29.3 Å². The Hall–Kier alpha value is -1.02. The van der Waals surface area contributed by atoms with Gasteiger partial charge in [0.2, 0.25) is 0 Å². The van der Waals surface area contributed by atoms with Gasteiger partial charge in [0.05, 0.1) is 0 Å². The van der Waals surface area contributed by atoms with Gasteiger partial charge in [-0.2, -0.15) is 0 Å². The van der Waals surface area contributed by atoms with Gasteiger partial charge < -0.3 is 10.4 Å². The van der Waals surface area contributed by atoms with E-state index < -0.39 is 0 Å². The van der Waals surface area contributed by atoms with Crippen LogP contribution in [0.3, 0.4) is 0 Å². The van der Waals surface area contributed by atoms with E-state index in [1.165, 1.54) is 30.4 Å². The molecule has 1 unspecified atom stereocenters. The first kappa shape index (κ1) is 9.53. The molecular formula is C12H17NO. The molecule has 0 aromatic heterocycles. The van der Waals surface area contributed by atoms with E-state index in [9.17, 15) is 5.11 Å². The van der Waals surface area contributed by atoms with Crippen LogP contribution >= 0.6 is 0 Å². The zero-order chi connectivity index (χ0) is 9.97. The molecule has 1 saturated heterocycles. The minimum atomic E-state index is 0.363. The van der Waals surface area contributed by atoms with Gasteiger partial charge in [-0.05, 0) is 49.6 Å². The van der Waals surface area contributed by atoms with Crippen LogP contribution in [0, 0.1) is 6.92 Å². The Morgan fingerprint density at radius 3 is 2.86 bits per heavy atom. The average Bonchev–Trinajstić information content (AvgIpc) is 2.19. The predicted molar refractivity (Wildman–Crippen MR) is 57.4 cm³/mol. The second-order valence-electron chi connectivity index (χ2n) is 4.04. The number of phenols is 1. The van der Waals surface area contributed by atoms with Crippen molar-refractivity contribution >= 4 is 0 Å². The van der Waals surface area contributed by atoms with Crippen LogP contribution in [0.1, 0.15) is 36.4 Å². The zero-order valence-electron chi connectivity index (χ0n) is 8.59. The second-order valence-corrected chi connectivity index (χ2v) is 4.04. The molecule has 2 N–H and O–H groups in total. The van der Waals surface area contributed by atoms with Crippen molar-refractivity contribution in [2.24, 2.45) is 0 Å². The first-order chi connectivity index (χ1) is 6.77. The van der Waals surface area contributed by atoms with Crippen LogP contribution in [0.2, 0.25) is 0 Å². The Balaban J connectivity index is 2.22. The molecule has 1 heterocycles. The molecule has 1 atom stereocenters. The smallest absolute Gasteiger partial charge is 0.115 e. The van der Waals surface area contributed by atoms with Crippen LogP contribution < -0.4 is 5.32 Å². The van der Waals surface area contributed by atoms with Crippen molar-refractivity contribution < 1.29 is 5.11 Å². The van der Waals surface area contributed by atoms with Crippen LogP contribution in [0.4, 0.5) is 0 Å². The van der Waals surface area contributed by atoms with Crippen LogP contribution in [0.15, 0.2) is 18.2 Å². The van der Waals surface area contributed by atoms with E-state index in [0.29, 0.717) is 11.8 Å². The molecule has 0 amide bonds. The van der Waals surface area contributed by atoms with E-state index in [-0.39, 0.29) is 0 Å². The largest absolute Gasteiger partial charge is 0.508 e. The van der Waals surface area contributed by atoms with Gasteiger partial charge in [0, 0.05) is 6.04 Å². The van der Waals surface area contributed by atoms with E-state index in [1.54, 1.807) is 6.07 Å². The molecule has 1 aromatic carbocycles. The number of hydrogen-bond donors (Lipinski definition) is 2. The number of phenolic OH excluding ortho intramolecular Hbond substituents is 1. The fraction of sp³-hybridized carbons (Fsp3) is 0.500. The number of piperidine rings is 1. The molecule has 0 radical (unpaired) electrons. The minimum absolute atomic E-state index is 0.363. The maximum Gasteiger partial charge on any atom is 0.115 e.